The lowest BCUT2D eigenvalue weighted by molar-refractivity contribution is 0.0587. The molecule has 0 radical (unpaired) electrons. The van der Waals surface area contributed by atoms with E-state index < -0.39 is 6.23 Å². The van der Waals surface area contributed by atoms with Crippen LogP contribution in [0.5, 0.6) is 0 Å². The van der Waals surface area contributed by atoms with Gasteiger partial charge in [0.25, 0.3) is 0 Å². The number of nitrogens with one attached hydrogen (secondary N) is 1. The molecule has 0 bridgehead atoms. The van der Waals surface area contributed by atoms with Gasteiger partial charge in [0, 0.05) is 11.4 Å². The van der Waals surface area contributed by atoms with Crippen LogP contribution in [0.3, 0.4) is 0 Å². The van der Waals surface area contributed by atoms with Crippen LogP contribution in [-0.4, -0.2) is 21.3 Å². The number of nitrogens with two attached hydrogens (primary N) is 1. The molecule has 0 aromatic carbocycles. The lowest BCUT2D eigenvalue weighted by Crippen LogP contribution is -2.47. The Balaban J connectivity index is 1.87. The normalized spacial score (nSPS) is 27.4. The van der Waals surface area contributed by atoms with E-state index in [1.165, 1.54) is 30.6 Å². The quantitative estimate of drug-likeness (QED) is 0.651. The molecule has 5 atom stereocenters. The van der Waals surface area contributed by atoms with Gasteiger partial charge in [-0.3, -0.25) is 5.32 Å². The highest BCUT2D eigenvalue weighted by Crippen LogP contribution is 2.41. The lowest BCUT2D eigenvalue weighted by atomic mass is 9.70. The highest BCUT2D eigenvalue weighted by Gasteiger charge is 2.36. The van der Waals surface area contributed by atoms with Gasteiger partial charge in [-0.15, -0.1) is 16.4 Å². The summed E-state index contributed by atoms with van der Waals surface area (Å²) < 4.78 is 0. The number of hydrogen-bond acceptors (Lipinski definition) is 6. The van der Waals surface area contributed by atoms with Crippen molar-refractivity contribution in [2.45, 2.75) is 73.1 Å². The number of nitrogens with zero attached hydrogens (tertiary/aromatic N) is 2. The number of aliphatic hydroxyl groups excluding tert-OH is 1. The molecule has 4 N–H and O–H groups in total. The van der Waals surface area contributed by atoms with E-state index in [-0.39, 0.29) is 0 Å². The molecule has 5 nitrogen and oxygen atoms in total. The second-order valence-corrected chi connectivity index (χ2v) is 10.0. The fourth-order valence-electron chi connectivity index (χ4n) is 4.87. The first-order chi connectivity index (χ1) is 12.7. The Bertz CT molecular complexity index is 801. The van der Waals surface area contributed by atoms with Crippen LogP contribution in [-0.2, 0) is 0 Å². The van der Waals surface area contributed by atoms with Crippen molar-refractivity contribution in [1.82, 2.24) is 15.5 Å². The number of rotatable bonds is 5. The number of fused-ring (bicyclic) bond motifs is 1. The fourth-order valence-corrected chi connectivity index (χ4v) is 5.92. The van der Waals surface area contributed by atoms with E-state index in [1.807, 2.05) is 13.8 Å². The summed E-state index contributed by atoms with van der Waals surface area (Å²) in [5.41, 5.74) is 9.00. The van der Waals surface area contributed by atoms with Gasteiger partial charge >= 0.3 is 0 Å². The third-order valence-electron chi connectivity index (χ3n) is 6.14. The average molecular weight is 391 g/mol. The molecule has 5 unspecified atom stereocenters. The molecule has 6 heteroatoms. The van der Waals surface area contributed by atoms with Crippen LogP contribution >= 0.6 is 11.3 Å². The standard InChI is InChI=1S/C21H34N4OS/c1-10(2)7-15-9-11(3)8-12(4)18(15)23-20(26)19-17(22)16-13(5)14(6)24-25-21(16)27-19/h10-12,15,18,20,23,26H,7-9,22H2,1-6H3. The van der Waals surface area contributed by atoms with Crippen LogP contribution in [0.4, 0.5) is 5.69 Å². The number of nitrogen functional groups attached to an aromatic ring is 1. The van der Waals surface area contributed by atoms with E-state index in [4.69, 9.17) is 5.73 Å². The van der Waals surface area contributed by atoms with Crippen molar-refractivity contribution in [3.63, 3.8) is 0 Å². The first-order valence-electron chi connectivity index (χ1n) is 10.1. The maximum Gasteiger partial charge on any atom is 0.148 e. The Morgan fingerprint density at radius 1 is 1.22 bits per heavy atom. The largest absolute Gasteiger partial charge is 0.397 e. The van der Waals surface area contributed by atoms with E-state index in [9.17, 15) is 5.11 Å². The Morgan fingerprint density at radius 2 is 1.93 bits per heavy atom. The minimum absolute atomic E-state index is 0.303. The molecule has 150 valence electrons. The highest BCUT2D eigenvalue weighted by molar-refractivity contribution is 7.19. The summed E-state index contributed by atoms with van der Waals surface area (Å²) in [6, 6.07) is 0.303. The molecule has 1 aliphatic rings. The molecular formula is C21H34N4OS. The maximum absolute atomic E-state index is 11.0. The van der Waals surface area contributed by atoms with Gasteiger partial charge in [0.1, 0.15) is 11.1 Å². The molecule has 1 aliphatic carbocycles. The zero-order chi connectivity index (χ0) is 19.9. The number of aryl methyl sites for hydroxylation is 2. The SMILES string of the molecule is Cc1nnc2sc(C(O)NC3C(C)CC(C)CC3CC(C)C)c(N)c2c1C. The third-order valence-corrected chi connectivity index (χ3v) is 7.28. The van der Waals surface area contributed by atoms with Crippen molar-refractivity contribution in [3.8, 4) is 0 Å². The second-order valence-electron chi connectivity index (χ2n) is 9.01. The van der Waals surface area contributed by atoms with Crippen molar-refractivity contribution in [2.24, 2.45) is 23.7 Å². The van der Waals surface area contributed by atoms with Gasteiger partial charge in [-0.2, -0.15) is 5.10 Å². The lowest BCUT2D eigenvalue weighted by Gasteiger charge is -2.42. The van der Waals surface area contributed by atoms with Crippen LogP contribution in [0.1, 0.15) is 69.3 Å². The molecule has 27 heavy (non-hydrogen) atoms. The van der Waals surface area contributed by atoms with Gasteiger partial charge in [-0.1, -0.05) is 27.7 Å². The maximum atomic E-state index is 11.0. The molecule has 2 heterocycles. The average Bonchev–Trinajstić information content (AvgIpc) is 2.91. The molecule has 2 aromatic rings. The van der Waals surface area contributed by atoms with Gasteiger partial charge in [0.05, 0.1) is 16.3 Å². The van der Waals surface area contributed by atoms with Gasteiger partial charge < -0.3 is 10.8 Å². The smallest absolute Gasteiger partial charge is 0.148 e. The van der Waals surface area contributed by atoms with Crippen LogP contribution in [0.25, 0.3) is 10.2 Å². The summed E-state index contributed by atoms with van der Waals surface area (Å²) >= 11 is 1.45. The van der Waals surface area contributed by atoms with Gasteiger partial charge in [0.2, 0.25) is 0 Å². The van der Waals surface area contributed by atoms with E-state index in [1.54, 1.807) is 0 Å². The van der Waals surface area contributed by atoms with Crippen LogP contribution < -0.4 is 11.1 Å². The number of aromatic nitrogens is 2. The summed E-state index contributed by atoms with van der Waals surface area (Å²) in [5, 5.41) is 24.0. The predicted octanol–water partition coefficient (Wildman–Crippen LogP) is 4.57. The molecule has 0 aliphatic heterocycles. The second kappa shape index (κ2) is 8.02. The Kier molecular flexibility index (Phi) is 6.08. The van der Waals surface area contributed by atoms with Crippen LogP contribution in [0, 0.1) is 37.5 Å². The van der Waals surface area contributed by atoms with E-state index in [2.05, 4.69) is 43.2 Å². The first kappa shape index (κ1) is 20.5. The first-order valence-corrected chi connectivity index (χ1v) is 11.0. The predicted molar refractivity (Wildman–Crippen MR) is 114 cm³/mol. The summed E-state index contributed by atoms with van der Waals surface area (Å²) in [5.74, 6) is 2.52. The minimum Gasteiger partial charge on any atom is -0.397 e. The van der Waals surface area contributed by atoms with Crippen molar-refractivity contribution in [2.75, 3.05) is 5.73 Å². The van der Waals surface area contributed by atoms with E-state index >= 15 is 0 Å². The van der Waals surface area contributed by atoms with Crippen LogP contribution in [0.2, 0.25) is 0 Å². The number of anilines is 1. The molecule has 0 spiro atoms. The Hall–Kier alpha value is -1.24. The molecular weight excluding hydrogens is 356 g/mol. The van der Waals surface area contributed by atoms with Crippen molar-refractivity contribution in [1.29, 1.82) is 0 Å². The molecule has 1 fully saturated rings. The van der Waals surface area contributed by atoms with E-state index in [0.29, 0.717) is 29.5 Å². The summed E-state index contributed by atoms with van der Waals surface area (Å²) in [6.07, 6.45) is 2.84. The van der Waals surface area contributed by atoms with Crippen molar-refractivity contribution >= 4 is 27.2 Å². The Labute approximate surface area is 166 Å². The number of thiophene rings is 1. The number of hydrogen-bond donors (Lipinski definition) is 3. The summed E-state index contributed by atoms with van der Waals surface area (Å²) in [4.78, 5) is 1.57. The number of aliphatic hydroxyl groups is 1. The zero-order valence-electron chi connectivity index (χ0n) is 17.4. The molecule has 3 rings (SSSR count). The third kappa shape index (κ3) is 4.13. The Morgan fingerprint density at radius 3 is 2.59 bits per heavy atom. The summed E-state index contributed by atoms with van der Waals surface area (Å²) in [7, 11) is 0. The monoisotopic (exact) mass is 390 g/mol. The molecule has 0 amide bonds. The molecule has 1 saturated carbocycles. The van der Waals surface area contributed by atoms with Gasteiger partial charge in [-0.25, -0.2) is 0 Å². The van der Waals surface area contributed by atoms with Gasteiger partial charge in [0.15, 0.2) is 0 Å². The van der Waals surface area contributed by atoms with Crippen LogP contribution in [0.15, 0.2) is 0 Å². The minimum atomic E-state index is -0.764. The van der Waals surface area contributed by atoms with Crippen molar-refractivity contribution < 1.29 is 5.11 Å². The van der Waals surface area contributed by atoms with E-state index in [0.717, 1.165) is 32.3 Å². The zero-order valence-corrected chi connectivity index (χ0v) is 18.2. The molecule has 2 aromatic heterocycles. The van der Waals surface area contributed by atoms with Crippen molar-refractivity contribution in [3.05, 3.63) is 16.1 Å². The van der Waals surface area contributed by atoms with Gasteiger partial charge in [-0.05, 0) is 62.3 Å². The summed E-state index contributed by atoms with van der Waals surface area (Å²) in [6.45, 7) is 13.2. The highest BCUT2D eigenvalue weighted by atomic mass is 32.1. The fraction of sp³-hybridized carbons (Fsp3) is 0.714. The topological polar surface area (TPSA) is 84.1 Å². The molecule has 0 saturated heterocycles.